The van der Waals surface area contributed by atoms with Crippen molar-refractivity contribution in [2.24, 2.45) is 10.9 Å². The molecule has 100 valence electrons. The van der Waals surface area contributed by atoms with Gasteiger partial charge in [-0.1, -0.05) is 12.1 Å². The van der Waals surface area contributed by atoms with Crippen molar-refractivity contribution in [3.05, 3.63) is 0 Å². The van der Waals surface area contributed by atoms with Crippen molar-refractivity contribution in [1.29, 1.82) is 0 Å². The van der Waals surface area contributed by atoms with Gasteiger partial charge in [0.2, 0.25) is 0 Å². The molecule has 1 heterocycles. The maximum absolute atomic E-state index is 8.50. The molecule has 0 bridgehead atoms. The summed E-state index contributed by atoms with van der Waals surface area (Å²) < 4.78 is 5.52. The summed E-state index contributed by atoms with van der Waals surface area (Å²) in [6.07, 6.45) is -0.327. The molecule has 17 heavy (non-hydrogen) atoms. The molecule has 3 N–H and O–H groups in total. The predicted molar refractivity (Wildman–Crippen MR) is 71.8 cm³/mol. The van der Waals surface area contributed by atoms with Crippen molar-refractivity contribution >= 4 is 17.6 Å². The lowest BCUT2D eigenvalue weighted by Crippen LogP contribution is -2.46. The van der Waals surface area contributed by atoms with Gasteiger partial charge in [0.1, 0.15) is 6.10 Å². The summed E-state index contributed by atoms with van der Waals surface area (Å²) >= 11 is 2.02. The molecule has 0 amide bonds. The fourth-order valence-electron chi connectivity index (χ4n) is 1.82. The number of hydrogen-bond donors (Lipinski definition) is 2. The largest absolute Gasteiger partial charge is 0.409 e. The Kier molecular flexibility index (Phi) is 6.08. The third kappa shape index (κ3) is 4.37. The van der Waals surface area contributed by atoms with Crippen LogP contribution in [0.1, 0.15) is 20.8 Å². The minimum Gasteiger partial charge on any atom is -0.409 e. The van der Waals surface area contributed by atoms with Crippen LogP contribution in [0.4, 0.5) is 0 Å². The van der Waals surface area contributed by atoms with Crippen molar-refractivity contribution in [1.82, 2.24) is 4.90 Å². The van der Waals surface area contributed by atoms with E-state index in [4.69, 9.17) is 15.7 Å². The first-order valence-corrected chi connectivity index (χ1v) is 7.05. The number of ether oxygens (including phenoxy) is 1. The zero-order valence-electron chi connectivity index (χ0n) is 10.8. The predicted octanol–water partition coefficient (Wildman–Crippen LogP) is 0.964. The van der Waals surface area contributed by atoms with Gasteiger partial charge in [0.15, 0.2) is 5.84 Å². The highest BCUT2D eigenvalue weighted by Gasteiger charge is 2.24. The number of nitrogens with two attached hydrogens (primary N) is 1. The van der Waals surface area contributed by atoms with Gasteiger partial charge in [-0.2, -0.15) is 11.8 Å². The number of amidine groups is 1. The monoisotopic (exact) mass is 261 g/mol. The van der Waals surface area contributed by atoms with Gasteiger partial charge in [0.05, 0.1) is 6.61 Å². The van der Waals surface area contributed by atoms with Crippen molar-refractivity contribution in [2.45, 2.75) is 38.2 Å². The van der Waals surface area contributed by atoms with E-state index in [9.17, 15) is 0 Å². The third-order valence-electron chi connectivity index (χ3n) is 3.29. The molecule has 3 atom stereocenters. The average molecular weight is 261 g/mol. The van der Waals surface area contributed by atoms with Crippen LogP contribution in [0, 0.1) is 0 Å². The molecule has 0 saturated carbocycles. The minimum absolute atomic E-state index is 0.126. The molecule has 6 heteroatoms. The first kappa shape index (κ1) is 14.6. The Morgan fingerprint density at radius 3 is 3.00 bits per heavy atom. The topological polar surface area (TPSA) is 71.1 Å². The Morgan fingerprint density at radius 2 is 2.35 bits per heavy atom. The SMILES string of the molecule is CC(OCCN1CCSC(C)C1C)C(N)=NO. The number of hydrogen-bond acceptors (Lipinski definition) is 5. The van der Waals surface area contributed by atoms with E-state index in [1.807, 2.05) is 11.8 Å². The number of thioether (sulfide) groups is 1. The van der Waals surface area contributed by atoms with Gasteiger partial charge in [-0.25, -0.2) is 0 Å². The second-order valence-electron chi connectivity index (χ2n) is 4.39. The maximum Gasteiger partial charge on any atom is 0.168 e. The zero-order chi connectivity index (χ0) is 12.8. The molecule has 5 nitrogen and oxygen atoms in total. The van der Waals surface area contributed by atoms with Crippen LogP contribution >= 0.6 is 11.8 Å². The van der Waals surface area contributed by atoms with E-state index in [1.54, 1.807) is 6.92 Å². The van der Waals surface area contributed by atoms with Gasteiger partial charge in [-0.05, 0) is 13.8 Å². The molecule has 0 radical (unpaired) electrons. The molecule has 1 rings (SSSR count). The fourth-order valence-corrected chi connectivity index (χ4v) is 2.99. The van der Waals surface area contributed by atoms with Gasteiger partial charge in [0, 0.05) is 30.1 Å². The first-order valence-electron chi connectivity index (χ1n) is 6.01. The fraction of sp³-hybridized carbons (Fsp3) is 0.909. The lowest BCUT2D eigenvalue weighted by atomic mass is 10.2. The van der Waals surface area contributed by atoms with Crippen LogP contribution < -0.4 is 5.73 Å². The molecule has 1 aliphatic rings. The van der Waals surface area contributed by atoms with Crippen LogP contribution in [-0.4, -0.2) is 58.8 Å². The van der Waals surface area contributed by atoms with Crippen molar-refractivity contribution in [2.75, 3.05) is 25.4 Å². The van der Waals surface area contributed by atoms with E-state index in [2.05, 4.69) is 23.9 Å². The number of nitrogens with zero attached hydrogens (tertiary/aromatic N) is 2. The molecule has 3 unspecified atom stereocenters. The number of rotatable bonds is 5. The van der Waals surface area contributed by atoms with E-state index in [1.165, 1.54) is 5.75 Å². The molecule has 0 spiro atoms. The van der Waals surface area contributed by atoms with Gasteiger partial charge < -0.3 is 15.7 Å². The Labute approximate surface area is 107 Å². The Morgan fingerprint density at radius 1 is 1.65 bits per heavy atom. The Bertz CT molecular complexity index is 263. The van der Waals surface area contributed by atoms with Gasteiger partial charge in [-0.3, -0.25) is 4.90 Å². The summed E-state index contributed by atoms with van der Waals surface area (Å²) in [4.78, 5) is 2.43. The van der Waals surface area contributed by atoms with Gasteiger partial charge >= 0.3 is 0 Å². The molecule has 1 saturated heterocycles. The number of oxime groups is 1. The highest BCUT2D eigenvalue weighted by atomic mass is 32.2. The molecular formula is C11H23N3O2S. The second kappa shape index (κ2) is 7.08. The van der Waals surface area contributed by atoms with Crippen molar-refractivity contribution < 1.29 is 9.94 Å². The summed E-state index contributed by atoms with van der Waals surface area (Å²) in [5.74, 6) is 1.31. The van der Waals surface area contributed by atoms with Crippen LogP contribution in [0.15, 0.2) is 5.16 Å². The van der Waals surface area contributed by atoms with Crippen LogP contribution in [0.3, 0.4) is 0 Å². The normalized spacial score (nSPS) is 29.2. The molecule has 1 fully saturated rings. The second-order valence-corrected chi connectivity index (χ2v) is 5.88. The summed E-state index contributed by atoms with van der Waals surface area (Å²) in [5.41, 5.74) is 5.44. The highest BCUT2D eigenvalue weighted by Crippen LogP contribution is 2.23. The lowest BCUT2D eigenvalue weighted by Gasteiger charge is -2.37. The van der Waals surface area contributed by atoms with E-state index < -0.39 is 0 Å². The minimum atomic E-state index is -0.327. The smallest absolute Gasteiger partial charge is 0.168 e. The van der Waals surface area contributed by atoms with Crippen molar-refractivity contribution in [3.63, 3.8) is 0 Å². The van der Waals surface area contributed by atoms with E-state index in [0.717, 1.165) is 13.1 Å². The quantitative estimate of drug-likeness (QED) is 0.334. The molecule has 1 aliphatic heterocycles. The summed E-state index contributed by atoms with van der Waals surface area (Å²) in [6, 6.07) is 0.580. The van der Waals surface area contributed by atoms with Gasteiger partial charge in [0.25, 0.3) is 0 Å². The van der Waals surface area contributed by atoms with Crippen LogP contribution in [-0.2, 0) is 4.74 Å². The molecular weight excluding hydrogens is 238 g/mol. The molecule has 0 aromatic heterocycles. The van der Waals surface area contributed by atoms with E-state index >= 15 is 0 Å². The lowest BCUT2D eigenvalue weighted by molar-refractivity contribution is 0.0717. The van der Waals surface area contributed by atoms with E-state index in [-0.39, 0.29) is 11.9 Å². The van der Waals surface area contributed by atoms with Crippen LogP contribution in [0.2, 0.25) is 0 Å². The molecule has 0 aromatic rings. The summed E-state index contributed by atoms with van der Waals surface area (Å²) in [6.45, 7) is 8.92. The maximum atomic E-state index is 8.50. The van der Waals surface area contributed by atoms with E-state index in [0.29, 0.717) is 17.9 Å². The van der Waals surface area contributed by atoms with Crippen LogP contribution in [0.5, 0.6) is 0 Å². The summed E-state index contributed by atoms with van der Waals surface area (Å²) in [7, 11) is 0. The standard InChI is InChI=1S/C11H23N3O2S/c1-8-10(3)17-7-5-14(8)4-6-16-9(2)11(12)13-15/h8-10,15H,4-7H2,1-3H3,(H2,12,13). The third-order valence-corrected chi connectivity index (χ3v) is 4.63. The summed E-state index contributed by atoms with van der Waals surface area (Å²) in [5, 5.41) is 12.1. The zero-order valence-corrected chi connectivity index (χ0v) is 11.6. The molecule has 0 aliphatic carbocycles. The average Bonchev–Trinajstić information content (AvgIpc) is 2.33. The van der Waals surface area contributed by atoms with Gasteiger partial charge in [-0.15, -0.1) is 0 Å². The van der Waals surface area contributed by atoms with Crippen LogP contribution in [0.25, 0.3) is 0 Å². The Balaban J connectivity index is 2.26. The van der Waals surface area contributed by atoms with Crippen molar-refractivity contribution in [3.8, 4) is 0 Å². The highest BCUT2D eigenvalue weighted by molar-refractivity contribution is 8.00. The molecule has 0 aromatic carbocycles. The first-order chi connectivity index (χ1) is 8.06. The Hall–Kier alpha value is -0.460.